The van der Waals surface area contributed by atoms with Crippen LogP contribution >= 0.6 is 0 Å². The molecule has 2 atom stereocenters. The zero-order valence-electron chi connectivity index (χ0n) is 17.6. The van der Waals surface area contributed by atoms with Crippen LogP contribution in [-0.4, -0.2) is 43.0 Å². The van der Waals surface area contributed by atoms with Gasteiger partial charge in [0.15, 0.2) is 11.6 Å². The molecule has 3 aromatic heterocycles. The van der Waals surface area contributed by atoms with Crippen molar-refractivity contribution >= 4 is 23.2 Å². The number of aryl methyl sites for hydroxylation is 1. The third-order valence-corrected chi connectivity index (χ3v) is 4.95. The van der Waals surface area contributed by atoms with Crippen LogP contribution in [0.3, 0.4) is 0 Å². The molecule has 0 aliphatic rings. The Bertz CT molecular complexity index is 1060. The Kier molecular flexibility index (Phi) is 6.75. The van der Waals surface area contributed by atoms with Gasteiger partial charge < -0.3 is 22.1 Å². The van der Waals surface area contributed by atoms with Gasteiger partial charge in [-0.25, -0.2) is 9.37 Å². The normalized spacial score (nSPS) is 12.9. The highest BCUT2D eigenvalue weighted by molar-refractivity contribution is 5.98. The summed E-state index contributed by atoms with van der Waals surface area (Å²) in [5, 5.41) is 14.3. The Labute approximate surface area is 179 Å². The molecule has 3 heterocycles. The number of anilines is 3. The van der Waals surface area contributed by atoms with Crippen molar-refractivity contribution in [3.63, 3.8) is 0 Å². The van der Waals surface area contributed by atoms with Crippen LogP contribution in [-0.2, 0) is 0 Å². The van der Waals surface area contributed by atoms with Gasteiger partial charge in [-0.3, -0.25) is 9.78 Å². The molecule has 0 aromatic carbocycles. The third-order valence-electron chi connectivity index (χ3n) is 4.95. The van der Waals surface area contributed by atoms with E-state index in [0.29, 0.717) is 23.5 Å². The Morgan fingerprint density at radius 3 is 2.52 bits per heavy atom. The number of hydrogen-bond donors (Lipinski definition) is 4. The number of hydrogen-bond acceptors (Lipinski definition) is 8. The molecular weight excluding hydrogens is 401 g/mol. The second-order valence-corrected chi connectivity index (χ2v) is 7.08. The number of nitrogens with zero attached hydrogens (tertiary/aromatic N) is 5. The van der Waals surface area contributed by atoms with E-state index in [4.69, 9.17) is 11.5 Å². The first-order valence-corrected chi connectivity index (χ1v) is 9.96. The number of nitrogens with one attached hydrogen (secondary N) is 2. The molecular formula is C20H26FN9O. The molecule has 3 aromatic rings. The van der Waals surface area contributed by atoms with Gasteiger partial charge in [0.25, 0.3) is 5.91 Å². The highest BCUT2D eigenvalue weighted by atomic mass is 19.1. The molecule has 3 rings (SSSR count). The maximum atomic E-state index is 14.7. The van der Waals surface area contributed by atoms with Crippen LogP contribution in [0.5, 0.6) is 0 Å². The van der Waals surface area contributed by atoms with Crippen LogP contribution in [0, 0.1) is 12.7 Å². The van der Waals surface area contributed by atoms with E-state index in [1.807, 2.05) is 20.8 Å². The predicted octanol–water partition coefficient (Wildman–Crippen LogP) is 2.28. The zero-order valence-corrected chi connectivity index (χ0v) is 17.6. The van der Waals surface area contributed by atoms with Crippen molar-refractivity contribution < 1.29 is 9.18 Å². The summed E-state index contributed by atoms with van der Waals surface area (Å²) < 4.78 is 14.7. The number of primary amides is 1. The summed E-state index contributed by atoms with van der Waals surface area (Å²) >= 11 is 0. The van der Waals surface area contributed by atoms with Crippen LogP contribution in [0.1, 0.15) is 42.7 Å². The smallest absolute Gasteiger partial charge is 0.252 e. The van der Waals surface area contributed by atoms with Crippen molar-refractivity contribution in [2.75, 3.05) is 10.6 Å². The summed E-state index contributed by atoms with van der Waals surface area (Å²) in [6.07, 6.45) is 6.06. The molecule has 1 amide bonds. The Balaban J connectivity index is 1.98. The fourth-order valence-electron chi connectivity index (χ4n) is 3.11. The molecule has 0 aliphatic carbocycles. The van der Waals surface area contributed by atoms with E-state index < -0.39 is 11.7 Å². The lowest BCUT2D eigenvalue weighted by atomic mass is 10.0. The monoisotopic (exact) mass is 427 g/mol. The van der Waals surface area contributed by atoms with Crippen LogP contribution in [0.4, 0.5) is 21.7 Å². The number of aromatic nitrogens is 5. The fraction of sp³-hybridized carbons (Fsp3) is 0.350. The average Bonchev–Trinajstić information content (AvgIpc) is 3.29. The van der Waals surface area contributed by atoms with Gasteiger partial charge in [0.1, 0.15) is 11.5 Å². The first-order valence-electron chi connectivity index (χ1n) is 9.96. The van der Waals surface area contributed by atoms with Gasteiger partial charge in [-0.05, 0) is 31.9 Å². The summed E-state index contributed by atoms with van der Waals surface area (Å²) in [5.74, 6) is -1.42. The maximum Gasteiger partial charge on any atom is 0.252 e. The van der Waals surface area contributed by atoms with Crippen molar-refractivity contribution in [1.82, 2.24) is 25.0 Å². The predicted molar refractivity (Wildman–Crippen MR) is 116 cm³/mol. The molecule has 6 N–H and O–H groups in total. The molecule has 0 unspecified atom stereocenters. The highest BCUT2D eigenvalue weighted by Crippen LogP contribution is 2.26. The Morgan fingerprint density at radius 1 is 1.19 bits per heavy atom. The van der Waals surface area contributed by atoms with Gasteiger partial charge in [0, 0.05) is 12.1 Å². The van der Waals surface area contributed by atoms with Gasteiger partial charge in [0.2, 0.25) is 0 Å². The summed E-state index contributed by atoms with van der Waals surface area (Å²) in [6, 6.07) is 2.44. The second-order valence-electron chi connectivity index (χ2n) is 7.08. The topological polar surface area (TPSA) is 150 Å². The standard InChI is InChI=1S/C20H26FN9O/c1-4-15(22)16(5-2)28-20-14(21)9-13(18(23)31)19(29-20)27-12-8-17(11(3)24-10-12)30-25-6-7-26-30/h6-10,15-16H,4-5,22H2,1-3H3,(H2,23,31)(H2,27,28,29)/t15-,16+/m0/s1. The number of amides is 1. The van der Waals surface area contributed by atoms with Crippen molar-refractivity contribution in [2.45, 2.75) is 45.7 Å². The van der Waals surface area contributed by atoms with E-state index in [1.54, 1.807) is 24.7 Å². The molecule has 0 saturated carbocycles. The van der Waals surface area contributed by atoms with E-state index in [-0.39, 0.29) is 29.3 Å². The molecule has 164 valence electrons. The second kappa shape index (κ2) is 9.47. The molecule has 11 heteroatoms. The highest BCUT2D eigenvalue weighted by Gasteiger charge is 2.21. The van der Waals surface area contributed by atoms with Gasteiger partial charge in [-0.15, -0.1) is 4.80 Å². The van der Waals surface area contributed by atoms with E-state index >= 15 is 0 Å². The summed E-state index contributed by atoms with van der Waals surface area (Å²) in [4.78, 5) is 22.0. The van der Waals surface area contributed by atoms with Crippen LogP contribution in [0.25, 0.3) is 5.69 Å². The average molecular weight is 427 g/mol. The lowest BCUT2D eigenvalue weighted by Crippen LogP contribution is -2.39. The summed E-state index contributed by atoms with van der Waals surface area (Å²) in [6.45, 7) is 5.72. The SMILES string of the molecule is CC[C@H](N)[C@@H](CC)Nc1nc(Nc2cnc(C)c(-n3nccn3)c2)c(C(N)=O)cc1F. The van der Waals surface area contributed by atoms with E-state index in [2.05, 4.69) is 30.8 Å². The fourth-order valence-corrected chi connectivity index (χ4v) is 3.11. The number of pyridine rings is 2. The van der Waals surface area contributed by atoms with Crippen LogP contribution in [0.2, 0.25) is 0 Å². The van der Waals surface area contributed by atoms with E-state index in [0.717, 1.165) is 12.5 Å². The first-order chi connectivity index (χ1) is 14.8. The minimum absolute atomic E-state index is 0.0164. The van der Waals surface area contributed by atoms with Crippen molar-refractivity contribution in [3.05, 3.63) is 47.8 Å². The largest absolute Gasteiger partial charge is 0.365 e. The molecule has 0 bridgehead atoms. The van der Waals surface area contributed by atoms with Crippen LogP contribution in [0.15, 0.2) is 30.7 Å². The van der Waals surface area contributed by atoms with Gasteiger partial charge in [-0.1, -0.05) is 13.8 Å². The van der Waals surface area contributed by atoms with Crippen LogP contribution < -0.4 is 22.1 Å². The van der Waals surface area contributed by atoms with Gasteiger partial charge in [0.05, 0.1) is 35.5 Å². The third kappa shape index (κ3) is 4.94. The summed E-state index contributed by atoms with van der Waals surface area (Å²) in [5.41, 5.74) is 13.3. The van der Waals surface area contributed by atoms with Gasteiger partial charge >= 0.3 is 0 Å². The number of carbonyl (C=O) groups is 1. The molecule has 0 saturated heterocycles. The first kappa shape index (κ1) is 22.1. The van der Waals surface area contributed by atoms with Crippen molar-refractivity contribution in [1.29, 1.82) is 0 Å². The Hall–Kier alpha value is -3.60. The molecule has 31 heavy (non-hydrogen) atoms. The molecule has 0 radical (unpaired) electrons. The quantitative estimate of drug-likeness (QED) is 0.406. The number of halogens is 1. The zero-order chi connectivity index (χ0) is 22.5. The van der Waals surface area contributed by atoms with Crippen molar-refractivity contribution in [3.8, 4) is 5.69 Å². The number of rotatable bonds is 9. The number of carbonyl (C=O) groups excluding carboxylic acids is 1. The lowest BCUT2D eigenvalue weighted by molar-refractivity contribution is 0.100. The van der Waals surface area contributed by atoms with Gasteiger partial charge in [-0.2, -0.15) is 10.2 Å². The molecule has 0 spiro atoms. The summed E-state index contributed by atoms with van der Waals surface area (Å²) in [7, 11) is 0. The lowest BCUT2D eigenvalue weighted by Gasteiger charge is -2.24. The minimum atomic E-state index is -0.813. The van der Waals surface area contributed by atoms with E-state index in [1.165, 1.54) is 4.80 Å². The van der Waals surface area contributed by atoms with Crippen molar-refractivity contribution in [2.24, 2.45) is 11.5 Å². The molecule has 10 nitrogen and oxygen atoms in total. The molecule has 0 fully saturated rings. The van der Waals surface area contributed by atoms with E-state index in [9.17, 15) is 9.18 Å². The number of nitrogens with two attached hydrogens (primary N) is 2. The Morgan fingerprint density at radius 2 is 1.90 bits per heavy atom. The maximum absolute atomic E-state index is 14.7. The molecule has 0 aliphatic heterocycles. The minimum Gasteiger partial charge on any atom is -0.365 e.